The third kappa shape index (κ3) is 4.25. The second-order valence-electron chi connectivity index (χ2n) is 6.53. The highest BCUT2D eigenvalue weighted by atomic mass is 32.1. The maximum atomic E-state index is 11.7. The van der Waals surface area contributed by atoms with E-state index in [2.05, 4.69) is 31.1 Å². The van der Waals surface area contributed by atoms with Crippen LogP contribution in [0.2, 0.25) is 0 Å². The molecule has 0 aliphatic carbocycles. The summed E-state index contributed by atoms with van der Waals surface area (Å²) in [6, 6.07) is 0. The van der Waals surface area contributed by atoms with Crippen LogP contribution in [0.1, 0.15) is 38.4 Å². The summed E-state index contributed by atoms with van der Waals surface area (Å²) in [7, 11) is 1.39. The van der Waals surface area contributed by atoms with Crippen molar-refractivity contribution in [2.45, 2.75) is 51.9 Å². The van der Waals surface area contributed by atoms with Gasteiger partial charge in [0.05, 0.1) is 25.5 Å². The molecule has 1 saturated heterocycles. The van der Waals surface area contributed by atoms with Gasteiger partial charge in [0.15, 0.2) is 6.10 Å². The number of morpholine rings is 1. The summed E-state index contributed by atoms with van der Waals surface area (Å²) in [5, 5.41) is 3.20. The molecule has 0 spiro atoms. The average molecular weight is 312 g/mol. The lowest BCUT2D eigenvalue weighted by molar-refractivity contribution is -0.166. The highest BCUT2D eigenvalue weighted by Gasteiger charge is 2.31. The number of carbonyl (C=O) groups is 1. The highest BCUT2D eigenvalue weighted by molar-refractivity contribution is 7.09. The largest absolute Gasteiger partial charge is 0.467 e. The molecule has 1 aliphatic heterocycles. The normalized spacial score (nSPS) is 24.0. The molecule has 1 aromatic rings. The molecule has 2 heterocycles. The summed E-state index contributed by atoms with van der Waals surface area (Å²) in [5.74, 6) is -0.305. The number of methoxy groups -OCH3 is 1. The number of esters is 1. The molecule has 0 N–H and O–H groups in total. The minimum Gasteiger partial charge on any atom is -0.467 e. The molecule has 1 fully saturated rings. The summed E-state index contributed by atoms with van der Waals surface area (Å²) in [6.07, 6.45) is -0.481. The van der Waals surface area contributed by atoms with Gasteiger partial charge in [-0.15, -0.1) is 11.3 Å². The minimum absolute atomic E-state index is 0.0184. The molecule has 118 valence electrons. The molecule has 0 bridgehead atoms. The smallest absolute Gasteiger partial charge is 0.336 e. The average Bonchev–Trinajstić information content (AvgIpc) is 2.85. The molecule has 2 atom stereocenters. The standard InChI is InChI=1S/C15H24N2O3S/c1-10-6-17(7-11(20-10)14(18)19-5)8-13-16-12(9-21-13)15(2,3)4/h9-11H,6-8H2,1-5H3/t10-,11+/m1/s1. The van der Waals surface area contributed by atoms with Gasteiger partial charge in [-0.05, 0) is 6.92 Å². The van der Waals surface area contributed by atoms with Crippen molar-refractivity contribution in [1.29, 1.82) is 0 Å². The van der Waals surface area contributed by atoms with E-state index in [1.807, 2.05) is 6.92 Å². The number of nitrogens with zero attached hydrogens (tertiary/aromatic N) is 2. The Kier molecular flexibility index (Phi) is 5.01. The summed E-state index contributed by atoms with van der Waals surface area (Å²) >= 11 is 1.68. The number of hydrogen-bond acceptors (Lipinski definition) is 6. The van der Waals surface area contributed by atoms with E-state index in [-0.39, 0.29) is 17.5 Å². The van der Waals surface area contributed by atoms with Gasteiger partial charge in [0.2, 0.25) is 0 Å². The first-order chi connectivity index (χ1) is 9.79. The molecule has 0 saturated carbocycles. The lowest BCUT2D eigenvalue weighted by Gasteiger charge is -2.34. The van der Waals surface area contributed by atoms with Gasteiger partial charge in [-0.2, -0.15) is 0 Å². The summed E-state index contributed by atoms with van der Waals surface area (Å²) in [6.45, 7) is 10.6. The van der Waals surface area contributed by atoms with Gasteiger partial charge >= 0.3 is 5.97 Å². The highest BCUT2D eigenvalue weighted by Crippen LogP contribution is 2.25. The second-order valence-corrected chi connectivity index (χ2v) is 7.47. The molecule has 5 nitrogen and oxygen atoms in total. The molecule has 21 heavy (non-hydrogen) atoms. The van der Waals surface area contributed by atoms with Gasteiger partial charge in [0, 0.05) is 23.9 Å². The van der Waals surface area contributed by atoms with Crippen molar-refractivity contribution in [2.24, 2.45) is 0 Å². The maximum Gasteiger partial charge on any atom is 0.336 e. The van der Waals surface area contributed by atoms with Crippen molar-refractivity contribution in [2.75, 3.05) is 20.2 Å². The van der Waals surface area contributed by atoms with E-state index in [4.69, 9.17) is 14.5 Å². The van der Waals surface area contributed by atoms with Crippen LogP contribution in [0, 0.1) is 0 Å². The summed E-state index contributed by atoms with van der Waals surface area (Å²) < 4.78 is 10.4. The Morgan fingerprint density at radius 1 is 1.52 bits per heavy atom. The van der Waals surface area contributed by atoms with Gasteiger partial charge in [0.1, 0.15) is 5.01 Å². The quantitative estimate of drug-likeness (QED) is 0.801. The van der Waals surface area contributed by atoms with Crippen molar-refractivity contribution >= 4 is 17.3 Å². The van der Waals surface area contributed by atoms with Gasteiger partial charge in [0.25, 0.3) is 0 Å². The van der Waals surface area contributed by atoms with Gasteiger partial charge in [-0.25, -0.2) is 9.78 Å². The van der Waals surface area contributed by atoms with Crippen LogP contribution in [0.4, 0.5) is 0 Å². The lowest BCUT2D eigenvalue weighted by atomic mass is 9.93. The van der Waals surface area contributed by atoms with Crippen LogP contribution < -0.4 is 0 Å². The first kappa shape index (κ1) is 16.4. The molecule has 0 unspecified atom stereocenters. The van der Waals surface area contributed by atoms with Crippen LogP contribution in [0.25, 0.3) is 0 Å². The summed E-state index contributed by atoms with van der Waals surface area (Å²) in [5.41, 5.74) is 1.19. The molecular formula is C15H24N2O3S. The van der Waals surface area contributed by atoms with Crippen LogP contribution in [-0.2, 0) is 26.2 Å². The van der Waals surface area contributed by atoms with Crippen LogP contribution in [-0.4, -0.2) is 48.3 Å². The fraction of sp³-hybridized carbons (Fsp3) is 0.733. The first-order valence-electron chi connectivity index (χ1n) is 7.20. The zero-order valence-corrected chi connectivity index (χ0v) is 14.2. The van der Waals surface area contributed by atoms with Crippen molar-refractivity contribution < 1.29 is 14.3 Å². The predicted octanol–water partition coefficient (Wildman–Crippen LogP) is 2.20. The minimum atomic E-state index is -0.499. The number of thiazole rings is 1. The Balaban J connectivity index is 2.01. The van der Waals surface area contributed by atoms with Crippen LogP contribution in [0.5, 0.6) is 0 Å². The number of carbonyl (C=O) groups excluding carboxylic acids is 1. The van der Waals surface area contributed by atoms with Crippen molar-refractivity contribution in [3.05, 3.63) is 16.1 Å². The molecule has 1 aliphatic rings. The van der Waals surface area contributed by atoms with E-state index in [9.17, 15) is 4.79 Å². The van der Waals surface area contributed by atoms with Gasteiger partial charge < -0.3 is 9.47 Å². The Morgan fingerprint density at radius 2 is 2.24 bits per heavy atom. The molecule has 0 aromatic carbocycles. The number of ether oxygens (including phenoxy) is 2. The first-order valence-corrected chi connectivity index (χ1v) is 8.08. The third-order valence-corrected chi connectivity index (χ3v) is 4.31. The van der Waals surface area contributed by atoms with Crippen LogP contribution in [0.15, 0.2) is 5.38 Å². The fourth-order valence-electron chi connectivity index (χ4n) is 2.35. The van der Waals surface area contributed by atoms with E-state index >= 15 is 0 Å². The number of hydrogen-bond donors (Lipinski definition) is 0. The van der Waals surface area contributed by atoms with Crippen molar-refractivity contribution in [1.82, 2.24) is 9.88 Å². The molecule has 1 aromatic heterocycles. The zero-order valence-electron chi connectivity index (χ0n) is 13.4. The lowest BCUT2D eigenvalue weighted by Crippen LogP contribution is -2.49. The topological polar surface area (TPSA) is 51.7 Å². The fourth-order valence-corrected chi connectivity index (χ4v) is 3.41. The Bertz CT molecular complexity index is 495. The molecule has 0 amide bonds. The number of rotatable bonds is 3. The SMILES string of the molecule is COC(=O)[C@@H]1CN(Cc2nc(C(C)(C)C)cs2)C[C@@H](C)O1. The molecule has 6 heteroatoms. The Morgan fingerprint density at radius 3 is 2.81 bits per heavy atom. The molecule has 0 radical (unpaired) electrons. The van der Waals surface area contributed by atoms with Crippen molar-refractivity contribution in [3.63, 3.8) is 0 Å². The van der Waals surface area contributed by atoms with E-state index in [1.165, 1.54) is 7.11 Å². The second kappa shape index (κ2) is 6.42. The van der Waals surface area contributed by atoms with Crippen LogP contribution in [0.3, 0.4) is 0 Å². The van der Waals surface area contributed by atoms with Gasteiger partial charge in [-0.3, -0.25) is 4.90 Å². The predicted molar refractivity (Wildman–Crippen MR) is 82.4 cm³/mol. The third-order valence-electron chi connectivity index (χ3n) is 3.48. The zero-order chi connectivity index (χ0) is 15.6. The van der Waals surface area contributed by atoms with Crippen molar-refractivity contribution in [3.8, 4) is 0 Å². The van der Waals surface area contributed by atoms with E-state index in [0.717, 1.165) is 23.8 Å². The van der Waals surface area contributed by atoms with E-state index < -0.39 is 6.10 Å². The van der Waals surface area contributed by atoms with Crippen LogP contribution >= 0.6 is 11.3 Å². The molecular weight excluding hydrogens is 288 g/mol. The van der Waals surface area contributed by atoms with Gasteiger partial charge in [-0.1, -0.05) is 20.8 Å². The molecule has 2 rings (SSSR count). The Hall–Kier alpha value is -0.980. The monoisotopic (exact) mass is 312 g/mol. The van der Waals surface area contributed by atoms with E-state index in [1.54, 1.807) is 11.3 Å². The van der Waals surface area contributed by atoms with E-state index in [0.29, 0.717) is 6.54 Å². The summed E-state index contributed by atoms with van der Waals surface area (Å²) in [4.78, 5) is 18.6. The maximum absolute atomic E-state index is 11.7. The Labute approximate surface area is 130 Å². The number of aromatic nitrogens is 1.